The molecule has 0 spiro atoms. The Bertz CT molecular complexity index is 280. The van der Waals surface area contributed by atoms with Gasteiger partial charge in [-0.2, -0.15) is 0 Å². The zero-order valence-corrected chi connectivity index (χ0v) is 11.3. The van der Waals surface area contributed by atoms with Crippen LogP contribution >= 0.6 is 0 Å². The maximum Gasteiger partial charge on any atom is 0.249 e. The fraction of sp³-hybridized carbons (Fsp3) is 0.923. The number of rotatable bonds is 3. The van der Waals surface area contributed by atoms with Crippen molar-refractivity contribution in [2.75, 3.05) is 27.7 Å². The van der Waals surface area contributed by atoms with Gasteiger partial charge in [-0.3, -0.25) is 9.63 Å². The van der Waals surface area contributed by atoms with Crippen molar-refractivity contribution in [1.82, 2.24) is 5.06 Å². The quantitative estimate of drug-likeness (QED) is 0.702. The van der Waals surface area contributed by atoms with E-state index in [4.69, 9.17) is 4.84 Å². The van der Waals surface area contributed by atoms with Gasteiger partial charge in [-0.25, -0.2) is 5.06 Å². The first-order valence-corrected chi connectivity index (χ1v) is 6.75. The Hall–Kier alpha value is -0.610. The van der Waals surface area contributed by atoms with Gasteiger partial charge in [-0.15, -0.1) is 0 Å². The molecule has 1 saturated carbocycles. The van der Waals surface area contributed by atoms with Gasteiger partial charge in [0.1, 0.15) is 12.6 Å². The number of quaternary nitrogens is 1. The first kappa shape index (κ1) is 12.8. The summed E-state index contributed by atoms with van der Waals surface area (Å²) in [7, 11) is 6.41. The molecule has 2 aliphatic rings. The van der Waals surface area contributed by atoms with Crippen molar-refractivity contribution in [2.24, 2.45) is 0 Å². The average Bonchev–Trinajstić information content (AvgIpc) is 2.58. The number of hydrogen-bond donors (Lipinski definition) is 0. The molecule has 17 heavy (non-hydrogen) atoms. The van der Waals surface area contributed by atoms with Crippen molar-refractivity contribution in [2.45, 2.75) is 50.7 Å². The van der Waals surface area contributed by atoms with Crippen molar-refractivity contribution in [1.29, 1.82) is 0 Å². The van der Waals surface area contributed by atoms with E-state index in [0.29, 0.717) is 12.5 Å². The van der Waals surface area contributed by atoms with Crippen LogP contribution in [0.3, 0.4) is 0 Å². The summed E-state index contributed by atoms with van der Waals surface area (Å²) in [6.45, 7) is 0.898. The Kier molecular flexibility index (Phi) is 3.73. The molecule has 4 nitrogen and oxygen atoms in total. The summed E-state index contributed by atoms with van der Waals surface area (Å²) in [5.41, 5.74) is 0. The molecule has 4 heteroatoms. The van der Waals surface area contributed by atoms with Gasteiger partial charge in [-0.05, 0) is 12.8 Å². The predicted octanol–water partition coefficient (Wildman–Crippen LogP) is 1.56. The van der Waals surface area contributed by atoms with Crippen LogP contribution in [0.4, 0.5) is 0 Å². The zero-order valence-electron chi connectivity index (χ0n) is 11.3. The summed E-state index contributed by atoms with van der Waals surface area (Å²) < 4.78 is 0.844. The smallest absolute Gasteiger partial charge is 0.249 e. The van der Waals surface area contributed by atoms with Gasteiger partial charge in [0.25, 0.3) is 0 Å². The number of hydrogen-bond acceptors (Lipinski definition) is 2. The van der Waals surface area contributed by atoms with Crippen LogP contribution in [0.25, 0.3) is 0 Å². The molecular weight excluding hydrogens is 216 g/mol. The summed E-state index contributed by atoms with van der Waals surface area (Å²) in [5, 5.41) is 1.69. The molecule has 0 bridgehead atoms. The van der Waals surface area contributed by atoms with Gasteiger partial charge in [0.2, 0.25) is 5.91 Å². The van der Waals surface area contributed by atoms with E-state index in [-0.39, 0.29) is 12.0 Å². The van der Waals surface area contributed by atoms with E-state index in [1.807, 2.05) is 0 Å². The van der Waals surface area contributed by atoms with Crippen molar-refractivity contribution < 1.29 is 14.1 Å². The van der Waals surface area contributed by atoms with Gasteiger partial charge in [-0.1, -0.05) is 19.3 Å². The third-order valence-corrected chi connectivity index (χ3v) is 3.57. The molecule has 98 valence electrons. The topological polar surface area (TPSA) is 29.5 Å². The molecule has 1 saturated heterocycles. The monoisotopic (exact) mass is 241 g/mol. The number of carbonyl (C=O) groups is 1. The van der Waals surface area contributed by atoms with E-state index in [9.17, 15) is 4.79 Å². The van der Waals surface area contributed by atoms with Crippen LogP contribution in [-0.2, 0) is 9.63 Å². The lowest BCUT2D eigenvalue weighted by molar-refractivity contribution is -0.873. The molecule has 0 radical (unpaired) electrons. The van der Waals surface area contributed by atoms with Crippen molar-refractivity contribution in [3.63, 3.8) is 0 Å². The Morgan fingerprint density at radius 1 is 1.24 bits per heavy atom. The lowest BCUT2D eigenvalue weighted by atomic mass is 9.95. The van der Waals surface area contributed by atoms with Gasteiger partial charge in [0.15, 0.2) is 0 Å². The number of hydroxylamine groups is 2. The fourth-order valence-electron chi connectivity index (χ4n) is 2.86. The third-order valence-electron chi connectivity index (χ3n) is 3.57. The van der Waals surface area contributed by atoms with E-state index in [1.165, 1.54) is 19.3 Å². The van der Waals surface area contributed by atoms with Gasteiger partial charge in [0.05, 0.1) is 33.6 Å². The number of nitrogens with zero attached hydrogens (tertiary/aromatic N) is 2. The van der Waals surface area contributed by atoms with Crippen molar-refractivity contribution in [3.8, 4) is 0 Å². The fourth-order valence-corrected chi connectivity index (χ4v) is 2.86. The first-order valence-electron chi connectivity index (χ1n) is 6.75. The molecule has 1 heterocycles. The predicted molar refractivity (Wildman–Crippen MR) is 66.1 cm³/mol. The molecule has 1 aliphatic carbocycles. The van der Waals surface area contributed by atoms with Crippen molar-refractivity contribution >= 4 is 5.91 Å². The summed E-state index contributed by atoms with van der Waals surface area (Å²) in [4.78, 5) is 17.8. The number of likely N-dealkylation sites (N-methyl/N-ethyl adjacent to an activating group) is 1. The van der Waals surface area contributed by atoms with Gasteiger partial charge < -0.3 is 4.48 Å². The molecular formula is C13H25N2O2+. The normalized spacial score (nSPS) is 27.8. The minimum absolute atomic E-state index is 0.0735. The standard InChI is InChI=1S/C13H25N2O2/c1-15(2,3)10-12-9-13(16)14(17-12)11-7-5-4-6-8-11/h11-12H,4-10H2,1-3H3/q+1/t12-/m1/s1. The van der Waals surface area contributed by atoms with E-state index in [2.05, 4.69) is 21.1 Å². The first-order chi connectivity index (χ1) is 7.96. The largest absolute Gasteiger partial charge is 0.329 e. The Balaban J connectivity index is 1.90. The third kappa shape index (κ3) is 3.42. The second-order valence-electron chi connectivity index (χ2n) is 6.42. The van der Waals surface area contributed by atoms with Crippen LogP contribution < -0.4 is 0 Å². The summed E-state index contributed by atoms with van der Waals surface area (Å²) in [6, 6.07) is 0.341. The minimum Gasteiger partial charge on any atom is -0.329 e. The van der Waals surface area contributed by atoms with Gasteiger partial charge in [0, 0.05) is 0 Å². The van der Waals surface area contributed by atoms with Gasteiger partial charge >= 0.3 is 0 Å². The van der Waals surface area contributed by atoms with Crippen LogP contribution in [0.1, 0.15) is 38.5 Å². The molecule has 0 aromatic carbocycles. The molecule has 1 aliphatic heterocycles. The van der Waals surface area contributed by atoms with E-state index in [1.54, 1.807) is 5.06 Å². The molecule has 1 amide bonds. The second-order valence-corrected chi connectivity index (χ2v) is 6.42. The molecule has 0 aromatic heterocycles. The van der Waals surface area contributed by atoms with E-state index in [0.717, 1.165) is 23.9 Å². The highest BCUT2D eigenvalue weighted by Crippen LogP contribution is 2.28. The highest BCUT2D eigenvalue weighted by molar-refractivity contribution is 5.77. The van der Waals surface area contributed by atoms with E-state index >= 15 is 0 Å². The van der Waals surface area contributed by atoms with Crippen molar-refractivity contribution in [3.05, 3.63) is 0 Å². The number of carbonyl (C=O) groups excluding carboxylic acids is 1. The minimum atomic E-state index is 0.0735. The molecule has 2 rings (SSSR count). The lowest BCUT2D eigenvalue weighted by Crippen LogP contribution is -2.42. The SMILES string of the molecule is C[N+](C)(C)C[C@H]1CC(=O)N(C2CCCCC2)O1. The Labute approximate surface area is 104 Å². The van der Waals surface area contributed by atoms with Crippen LogP contribution in [0.5, 0.6) is 0 Å². The van der Waals surface area contributed by atoms with Crippen LogP contribution in [0.15, 0.2) is 0 Å². The Morgan fingerprint density at radius 2 is 1.88 bits per heavy atom. The summed E-state index contributed by atoms with van der Waals surface area (Å²) in [6.07, 6.45) is 6.64. The summed E-state index contributed by atoms with van der Waals surface area (Å²) >= 11 is 0. The maximum absolute atomic E-state index is 12.0. The number of amides is 1. The molecule has 0 unspecified atom stereocenters. The van der Waals surface area contributed by atoms with Crippen LogP contribution in [-0.4, -0.2) is 55.3 Å². The van der Waals surface area contributed by atoms with Crippen LogP contribution in [0.2, 0.25) is 0 Å². The molecule has 0 aromatic rings. The zero-order chi connectivity index (χ0) is 12.5. The Morgan fingerprint density at radius 3 is 2.47 bits per heavy atom. The average molecular weight is 241 g/mol. The molecule has 0 N–H and O–H groups in total. The maximum atomic E-state index is 12.0. The highest BCUT2D eigenvalue weighted by atomic mass is 16.7. The summed E-state index contributed by atoms with van der Waals surface area (Å²) in [5.74, 6) is 0.190. The molecule has 1 atom stereocenters. The van der Waals surface area contributed by atoms with E-state index < -0.39 is 0 Å². The highest BCUT2D eigenvalue weighted by Gasteiger charge is 2.38. The lowest BCUT2D eigenvalue weighted by Gasteiger charge is -2.31. The molecule has 2 fully saturated rings. The second kappa shape index (κ2) is 4.94. The van der Waals surface area contributed by atoms with Crippen LogP contribution in [0, 0.1) is 0 Å².